The van der Waals surface area contributed by atoms with E-state index in [0.29, 0.717) is 19.5 Å². The van der Waals surface area contributed by atoms with E-state index < -0.39 is 9.05 Å². The second-order valence-corrected chi connectivity index (χ2v) is 6.52. The van der Waals surface area contributed by atoms with Gasteiger partial charge in [0.25, 0.3) is 0 Å². The summed E-state index contributed by atoms with van der Waals surface area (Å²) in [5, 5.41) is 0. The highest BCUT2D eigenvalue weighted by Crippen LogP contribution is 2.35. The molecule has 6 nitrogen and oxygen atoms in total. The highest BCUT2D eigenvalue weighted by Gasteiger charge is 2.64. The molecule has 3 saturated heterocycles. The zero-order valence-electron chi connectivity index (χ0n) is 9.92. The molecule has 3 heterocycles. The molecule has 0 aromatic carbocycles. The third kappa shape index (κ3) is 2.87. The molecule has 0 aliphatic carbocycles. The summed E-state index contributed by atoms with van der Waals surface area (Å²) in [6.07, 6.45) is 3.16. The van der Waals surface area contributed by atoms with Crippen LogP contribution < -0.4 is 0 Å². The number of ether oxygens (including phenoxy) is 2. The van der Waals surface area contributed by atoms with Gasteiger partial charge < -0.3 is 27.2 Å². The molecule has 3 aliphatic heterocycles. The Labute approximate surface area is 102 Å². The van der Waals surface area contributed by atoms with Crippen LogP contribution in [0.15, 0.2) is 0 Å². The van der Waals surface area contributed by atoms with Gasteiger partial charge in [-0.05, 0) is 19.3 Å². The van der Waals surface area contributed by atoms with Gasteiger partial charge in [0.2, 0.25) is 0 Å². The number of hydrogen-bond donors (Lipinski definition) is 0. The lowest BCUT2D eigenvalue weighted by Gasteiger charge is -2.46. The van der Waals surface area contributed by atoms with E-state index in [4.69, 9.17) is 27.2 Å². The van der Waals surface area contributed by atoms with Crippen molar-refractivity contribution >= 4 is 9.05 Å². The fourth-order valence-corrected chi connectivity index (χ4v) is 3.35. The summed E-state index contributed by atoms with van der Waals surface area (Å²) in [6, 6.07) is 0. The molecule has 0 saturated carbocycles. The van der Waals surface area contributed by atoms with Gasteiger partial charge in [-0.2, -0.15) is 0 Å². The van der Waals surface area contributed by atoms with Crippen LogP contribution in [-0.2, 0) is 27.2 Å². The third-order valence-corrected chi connectivity index (χ3v) is 5.17. The maximum atomic E-state index is 5.74. The van der Waals surface area contributed by atoms with Gasteiger partial charge in [0.05, 0.1) is 19.3 Å². The molecule has 0 amide bonds. The molecule has 0 N–H and O–H groups in total. The Bertz CT molecular complexity index is 260. The molecule has 3 rings (SSSR count). The Morgan fingerprint density at radius 1 is 1.35 bits per heavy atom. The number of rotatable bonds is 7. The van der Waals surface area contributed by atoms with E-state index in [2.05, 4.69) is 6.92 Å². The lowest BCUT2D eigenvalue weighted by atomic mass is 10.1. The SMILES string of the molecule is CCC(CCC1O[Si]2(OCO2)O1)OCC1CO1. The van der Waals surface area contributed by atoms with Crippen molar-refractivity contribution in [2.45, 2.75) is 44.7 Å². The van der Waals surface area contributed by atoms with Crippen LogP contribution in [0.3, 0.4) is 0 Å². The second kappa shape index (κ2) is 4.92. The highest BCUT2D eigenvalue weighted by molar-refractivity contribution is 6.57. The van der Waals surface area contributed by atoms with Crippen LogP contribution in [0.25, 0.3) is 0 Å². The quantitative estimate of drug-likeness (QED) is 0.499. The van der Waals surface area contributed by atoms with Gasteiger partial charge in [-0.3, -0.25) is 0 Å². The lowest BCUT2D eigenvalue weighted by Crippen LogP contribution is -2.69. The minimum atomic E-state index is -2.52. The molecule has 0 aromatic heterocycles. The van der Waals surface area contributed by atoms with Gasteiger partial charge in [-0.25, -0.2) is 0 Å². The van der Waals surface area contributed by atoms with Crippen LogP contribution in [-0.4, -0.2) is 47.6 Å². The molecular formula is C10H18O6Si. The molecule has 0 bridgehead atoms. The Balaban J connectivity index is 1.29. The van der Waals surface area contributed by atoms with Crippen LogP contribution in [0, 0.1) is 0 Å². The standard InChI is InChI=1S/C10H18O6Si/c1-2-8(11-5-9-6-12-9)3-4-10-15-17(16-10)13-7-14-17/h8-10H,2-7H2,1H3. The first kappa shape index (κ1) is 12.0. The zero-order chi connectivity index (χ0) is 11.7. The predicted molar refractivity (Wildman–Crippen MR) is 57.8 cm³/mol. The molecule has 17 heavy (non-hydrogen) atoms. The lowest BCUT2D eigenvalue weighted by molar-refractivity contribution is -0.292. The first-order valence-electron chi connectivity index (χ1n) is 6.16. The summed E-state index contributed by atoms with van der Waals surface area (Å²) in [5.41, 5.74) is 0. The molecule has 2 unspecified atom stereocenters. The average molecular weight is 262 g/mol. The minimum Gasteiger partial charge on any atom is -0.375 e. The van der Waals surface area contributed by atoms with Gasteiger partial charge in [-0.1, -0.05) is 6.92 Å². The molecule has 0 radical (unpaired) electrons. The van der Waals surface area contributed by atoms with Crippen molar-refractivity contribution < 1.29 is 27.2 Å². The van der Waals surface area contributed by atoms with Crippen LogP contribution in [0.1, 0.15) is 26.2 Å². The second-order valence-electron chi connectivity index (χ2n) is 4.47. The molecule has 98 valence electrons. The summed E-state index contributed by atoms with van der Waals surface area (Å²) in [7, 11) is -2.52. The smallest absolute Gasteiger partial charge is 0.375 e. The van der Waals surface area contributed by atoms with Crippen molar-refractivity contribution in [3.8, 4) is 0 Å². The molecule has 3 fully saturated rings. The van der Waals surface area contributed by atoms with E-state index in [1.165, 1.54) is 0 Å². The summed E-state index contributed by atoms with van der Waals surface area (Å²) in [6.45, 7) is 3.97. The average Bonchev–Trinajstić information content (AvgIpc) is 3.01. The molecule has 2 atom stereocenters. The molecular weight excluding hydrogens is 244 g/mol. The monoisotopic (exact) mass is 262 g/mol. The van der Waals surface area contributed by atoms with Gasteiger partial charge in [0.15, 0.2) is 0 Å². The Morgan fingerprint density at radius 3 is 2.65 bits per heavy atom. The van der Waals surface area contributed by atoms with E-state index in [0.717, 1.165) is 25.9 Å². The maximum absolute atomic E-state index is 5.74. The Hall–Kier alpha value is -0.0231. The van der Waals surface area contributed by atoms with E-state index in [1.807, 2.05) is 0 Å². The van der Waals surface area contributed by atoms with Crippen molar-refractivity contribution in [3.63, 3.8) is 0 Å². The summed E-state index contributed by atoms with van der Waals surface area (Å²) >= 11 is 0. The van der Waals surface area contributed by atoms with Crippen molar-refractivity contribution in [1.29, 1.82) is 0 Å². The van der Waals surface area contributed by atoms with Crippen LogP contribution in [0.2, 0.25) is 0 Å². The van der Waals surface area contributed by atoms with E-state index in [1.54, 1.807) is 0 Å². The maximum Gasteiger partial charge on any atom is 0.687 e. The number of hydrogen-bond acceptors (Lipinski definition) is 6. The Kier molecular flexibility index (Phi) is 3.49. The van der Waals surface area contributed by atoms with E-state index >= 15 is 0 Å². The van der Waals surface area contributed by atoms with Gasteiger partial charge in [0, 0.05) is 0 Å². The van der Waals surface area contributed by atoms with Gasteiger partial charge in [0.1, 0.15) is 19.2 Å². The van der Waals surface area contributed by atoms with Crippen molar-refractivity contribution in [1.82, 2.24) is 0 Å². The molecule has 1 spiro atoms. The van der Waals surface area contributed by atoms with E-state index in [9.17, 15) is 0 Å². The largest absolute Gasteiger partial charge is 0.687 e. The van der Waals surface area contributed by atoms with Crippen molar-refractivity contribution in [3.05, 3.63) is 0 Å². The van der Waals surface area contributed by atoms with Crippen molar-refractivity contribution in [2.75, 3.05) is 20.0 Å². The summed E-state index contributed by atoms with van der Waals surface area (Å²) in [4.78, 5) is 0. The van der Waals surface area contributed by atoms with E-state index in [-0.39, 0.29) is 12.4 Å². The third-order valence-electron chi connectivity index (χ3n) is 3.12. The molecule has 0 aromatic rings. The van der Waals surface area contributed by atoms with Crippen LogP contribution in [0.4, 0.5) is 0 Å². The molecule has 3 aliphatic rings. The first-order chi connectivity index (χ1) is 8.30. The van der Waals surface area contributed by atoms with Gasteiger partial charge in [-0.15, -0.1) is 0 Å². The van der Waals surface area contributed by atoms with Crippen LogP contribution in [0.5, 0.6) is 0 Å². The summed E-state index contributed by atoms with van der Waals surface area (Å²) in [5.74, 6) is 0. The zero-order valence-corrected chi connectivity index (χ0v) is 10.9. The topological polar surface area (TPSA) is 58.7 Å². The highest BCUT2D eigenvalue weighted by atomic mass is 28.4. The van der Waals surface area contributed by atoms with Crippen LogP contribution >= 0.6 is 0 Å². The first-order valence-corrected chi connectivity index (χ1v) is 7.80. The Morgan fingerprint density at radius 2 is 2.12 bits per heavy atom. The summed E-state index contributed by atoms with van der Waals surface area (Å²) < 4.78 is 32.1. The molecule has 7 heteroatoms. The minimum absolute atomic E-state index is 0.170. The van der Waals surface area contributed by atoms with Gasteiger partial charge >= 0.3 is 9.05 Å². The number of epoxide rings is 1. The normalized spacial score (nSPS) is 31.9. The fourth-order valence-electron chi connectivity index (χ4n) is 1.87. The predicted octanol–water partition coefficient (Wildman–Crippen LogP) is 0.773. The fraction of sp³-hybridized carbons (Fsp3) is 1.00. The van der Waals surface area contributed by atoms with Crippen molar-refractivity contribution in [2.24, 2.45) is 0 Å².